The molecule has 37 heavy (non-hydrogen) atoms. The van der Waals surface area contributed by atoms with Gasteiger partial charge >= 0.3 is 6.18 Å². The quantitative estimate of drug-likeness (QED) is 0.354. The van der Waals surface area contributed by atoms with Crippen molar-refractivity contribution in [2.75, 3.05) is 31.6 Å². The van der Waals surface area contributed by atoms with Crippen molar-refractivity contribution in [2.45, 2.75) is 63.3 Å². The van der Waals surface area contributed by atoms with Crippen molar-refractivity contribution in [1.29, 1.82) is 0 Å². The lowest BCUT2D eigenvalue weighted by atomic mass is 9.83. The summed E-state index contributed by atoms with van der Waals surface area (Å²) in [4.78, 5) is 9.25. The van der Waals surface area contributed by atoms with Crippen LogP contribution >= 0.6 is 23.2 Å². The number of aromatic nitrogens is 2. The Labute approximate surface area is 225 Å². The van der Waals surface area contributed by atoms with E-state index in [-0.39, 0.29) is 6.04 Å². The van der Waals surface area contributed by atoms with Crippen LogP contribution in [0.1, 0.15) is 44.2 Å². The van der Waals surface area contributed by atoms with Gasteiger partial charge in [0.1, 0.15) is 5.82 Å². The number of aliphatic hydroxyl groups excluding tert-OH is 1. The van der Waals surface area contributed by atoms with E-state index in [0.717, 1.165) is 81.8 Å². The number of rotatable bonds is 9. The number of alkyl halides is 3. The molecule has 2 fully saturated rings. The number of pyridine rings is 2. The van der Waals surface area contributed by atoms with Crippen molar-refractivity contribution in [3.05, 3.63) is 40.1 Å². The Morgan fingerprint density at radius 1 is 1.03 bits per heavy atom. The standard InChI is InChI=1S/C26H33Cl2F3N4O2/c27-21-5-6-24(34-13-17-7-9-37-10-8-17)35-25(21)20-12-19(32-14-22(20)28)11-16-1-3-18(4-2-16)33-15-23(36)26(29,30)31/h5-6,12,14,16-18,23,33,36H,1-4,7-11,13,15H2,(H,34,35)/t16?,18?,23-/m0/s1. The van der Waals surface area contributed by atoms with Crippen LogP contribution in [-0.2, 0) is 11.2 Å². The monoisotopic (exact) mass is 560 g/mol. The highest BCUT2D eigenvalue weighted by atomic mass is 35.5. The van der Waals surface area contributed by atoms with Gasteiger partial charge in [-0.05, 0) is 75.0 Å². The molecule has 1 saturated carbocycles. The molecule has 1 aliphatic heterocycles. The molecule has 0 radical (unpaired) electrons. The SMILES string of the molecule is O[C@@H](CNC1CCC(Cc2cc(-c3nc(NCC4CCOCC4)ccc3Cl)c(Cl)cn2)CC1)C(F)(F)F. The summed E-state index contributed by atoms with van der Waals surface area (Å²) in [6.07, 6.45) is 0.723. The fourth-order valence-electron chi connectivity index (χ4n) is 4.96. The van der Waals surface area contributed by atoms with E-state index in [1.54, 1.807) is 6.20 Å². The van der Waals surface area contributed by atoms with Crippen LogP contribution in [0.3, 0.4) is 0 Å². The molecule has 0 bridgehead atoms. The van der Waals surface area contributed by atoms with E-state index in [2.05, 4.69) is 15.6 Å². The van der Waals surface area contributed by atoms with Gasteiger partial charge in [-0.25, -0.2) is 4.98 Å². The van der Waals surface area contributed by atoms with Crippen LogP contribution in [-0.4, -0.2) is 59.7 Å². The average molecular weight is 561 g/mol. The Balaban J connectivity index is 1.35. The second-order valence-electron chi connectivity index (χ2n) is 10.0. The fraction of sp³-hybridized carbons (Fsp3) is 0.615. The van der Waals surface area contributed by atoms with Gasteiger partial charge in [0.25, 0.3) is 0 Å². The van der Waals surface area contributed by atoms with E-state index in [9.17, 15) is 18.3 Å². The molecule has 1 atom stereocenters. The first-order valence-corrected chi connectivity index (χ1v) is 13.6. The number of nitrogens with one attached hydrogen (secondary N) is 2. The van der Waals surface area contributed by atoms with Crippen LogP contribution in [0.25, 0.3) is 11.3 Å². The predicted molar refractivity (Wildman–Crippen MR) is 139 cm³/mol. The number of nitrogens with zero attached hydrogens (tertiary/aromatic N) is 2. The summed E-state index contributed by atoms with van der Waals surface area (Å²) >= 11 is 13.0. The number of ether oxygens (including phenoxy) is 1. The van der Waals surface area contributed by atoms with Gasteiger partial charge in [0.15, 0.2) is 6.10 Å². The minimum Gasteiger partial charge on any atom is -0.382 e. The van der Waals surface area contributed by atoms with Crippen molar-refractivity contribution in [3.8, 4) is 11.3 Å². The van der Waals surface area contributed by atoms with Gasteiger partial charge in [-0.15, -0.1) is 0 Å². The fourth-order valence-corrected chi connectivity index (χ4v) is 5.36. The van der Waals surface area contributed by atoms with Crippen LogP contribution in [0, 0.1) is 11.8 Å². The van der Waals surface area contributed by atoms with Gasteiger partial charge in [0, 0.05) is 49.8 Å². The molecule has 0 spiro atoms. The number of hydrogen-bond donors (Lipinski definition) is 3. The molecule has 1 aliphatic carbocycles. The molecule has 4 rings (SSSR count). The zero-order chi connectivity index (χ0) is 26.4. The molecule has 0 unspecified atom stereocenters. The predicted octanol–water partition coefficient (Wildman–Crippen LogP) is 5.90. The molecule has 11 heteroatoms. The van der Waals surface area contributed by atoms with Crippen LogP contribution in [0.2, 0.25) is 10.0 Å². The van der Waals surface area contributed by atoms with Crippen molar-refractivity contribution < 1.29 is 23.0 Å². The highest BCUT2D eigenvalue weighted by Crippen LogP contribution is 2.34. The topological polar surface area (TPSA) is 79.3 Å². The maximum Gasteiger partial charge on any atom is 0.415 e. The second kappa shape index (κ2) is 12.9. The van der Waals surface area contributed by atoms with E-state index in [4.69, 9.17) is 32.9 Å². The molecule has 1 saturated heterocycles. The van der Waals surface area contributed by atoms with E-state index in [1.807, 2.05) is 18.2 Å². The maximum atomic E-state index is 12.5. The molecule has 3 heterocycles. The van der Waals surface area contributed by atoms with E-state index in [0.29, 0.717) is 27.6 Å². The summed E-state index contributed by atoms with van der Waals surface area (Å²) in [5, 5.41) is 16.4. The Hall–Kier alpha value is -1.65. The number of halogens is 5. The highest BCUT2D eigenvalue weighted by molar-refractivity contribution is 6.36. The van der Waals surface area contributed by atoms with Crippen molar-refractivity contribution in [1.82, 2.24) is 15.3 Å². The van der Waals surface area contributed by atoms with Gasteiger partial charge in [0.05, 0.1) is 15.7 Å². The molecule has 204 valence electrons. The summed E-state index contributed by atoms with van der Waals surface area (Å²) in [7, 11) is 0. The molecule has 2 aromatic heterocycles. The Kier molecular flexibility index (Phi) is 9.91. The zero-order valence-electron chi connectivity index (χ0n) is 20.5. The van der Waals surface area contributed by atoms with Crippen LogP contribution in [0.5, 0.6) is 0 Å². The Morgan fingerprint density at radius 2 is 1.76 bits per heavy atom. The number of aliphatic hydroxyl groups is 1. The third kappa shape index (κ3) is 8.17. The van der Waals surface area contributed by atoms with Crippen LogP contribution < -0.4 is 10.6 Å². The normalized spacial score (nSPS) is 22.1. The minimum atomic E-state index is -4.60. The van der Waals surface area contributed by atoms with Crippen molar-refractivity contribution >= 4 is 29.0 Å². The first kappa shape index (κ1) is 28.4. The summed E-state index contributed by atoms with van der Waals surface area (Å²) in [5.74, 6) is 1.65. The third-order valence-corrected chi connectivity index (χ3v) is 7.85. The van der Waals surface area contributed by atoms with Gasteiger partial charge in [0.2, 0.25) is 0 Å². The number of anilines is 1. The van der Waals surface area contributed by atoms with Gasteiger partial charge in [-0.1, -0.05) is 23.2 Å². The molecular weight excluding hydrogens is 528 g/mol. The lowest BCUT2D eigenvalue weighted by Gasteiger charge is -2.30. The molecule has 2 aliphatic rings. The molecule has 0 amide bonds. The van der Waals surface area contributed by atoms with Crippen molar-refractivity contribution in [2.24, 2.45) is 11.8 Å². The molecule has 0 aromatic carbocycles. The first-order chi connectivity index (χ1) is 17.7. The van der Waals surface area contributed by atoms with E-state index in [1.165, 1.54) is 0 Å². The van der Waals surface area contributed by atoms with Gasteiger partial charge in [-0.2, -0.15) is 13.2 Å². The first-order valence-electron chi connectivity index (χ1n) is 12.8. The average Bonchev–Trinajstić information content (AvgIpc) is 2.89. The third-order valence-electron chi connectivity index (χ3n) is 7.25. The van der Waals surface area contributed by atoms with Crippen molar-refractivity contribution in [3.63, 3.8) is 0 Å². The maximum absolute atomic E-state index is 12.5. The summed E-state index contributed by atoms with van der Waals surface area (Å²) in [6, 6.07) is 5.59. The van der Waals surface area contributed by atoms with Crippen LogP contribution in [0.4, 0.5) is 19.0 Å². The lowest BCUT2D eigenvalue weighted by molar-refractivity contribution is -0.202. The molecule has 6 nitrogen and oxygen atoms in total. The number of hydrogen-bond acceptors (Lipinski definition) is 6. The Bertz CT molecular complexity index is 1030. The van der Waals surface area contributed by atoms with Gasteiger partial charge < -0.3 is 20.5 Å². The molecular formula is C26H33Cl2F3N4O2. The van der Waals surface area contributed by atoms with E-state index < -0.39 is 18.8 Å². The highest BCUT2D eigenvalue weighted by Gasteiger charge is 2.38. The second-order valence-corrected chi connectivity index (χ2v) is 10.8. The summed E-state index contributed by atoms with van der Waals surface area (Å²) in [5.41, 5.74) is 2.20. The minimum absolute atomic E-state index is 0.0265. The van der Waals surface area contributed by atoms with Gasteiger partial charge in [-0.3, -0.25) is 4.98 Å². The smallest absolute Gasteiger partial charge is 0.382 e. The largest absolute Gasteiger partial charge is 0.415 e. The molecule has 2 aromatic rings. The summed E-state index contributed by atoms with van der Waals surface area (Å²) < 4.78 is 43.0. The van der Waals surface area contributed by atoms with E-state index >= 15 is 0 Å². The zero-order valence-corrected chi connectivity index (χ0v) is 22.0. The summed E-state index contributed by atoms with van der Waals surface area (Å²) in [6.45, 7) is 1.93. The Morgan fingerprint density at radius 3 is 2.46 bits per heavy atom. The molecule has 3 N–H and O–H groups in total. The lowest BCUT2D eigenvalue weighted by Crippen LogP contribution is -2.43. The van der Waals surface area contributed by atoms with Crippen LogP contribution in [0.15, 0.2) is 24.4 Å².